The van der Waals surface area contributed by atoms with Crippen molar-refractivity contribution in [3.05, 3.63) is 59.2 Å². The molecule has 1 aromatic heterocycles. The van der Waals surface area contributed by atoms with E-state index in [-0.39, 0.29) is 36.7 Å². The number of aromatic nitrogens is 1. The van der Waals surface area contributed by atoms with Gasteiger partial charge in [-0.05, 0) is 43.9 Å². The van der Waals surface area contributed by atoms with Crippen LogP contribution in [0.5, 0.6) is 0 Å². The molecule has 3 rings (SSSR count). The second kappa shape index (κ2) is 10.3. The van der Waals surface area contributed by atoms with Crippen molar-refractivity contribution in [3.8, 4) is 0 Å². The van der Waals surface area contributed by atoms with Crippen molar-refractivity contribution in [2.45, 2.75) is 12.6 Å². The Kier molecular flexibility index (Phi) is 9.07. The van der Waals surface area contributed by atoms with E-state index in [0.29, 0.717) is 0 Å². The molecular weight excluding hydrogens is 376 g/mol. The number of nitrogens with zero attached hydrogens (tertiary/aromatic N) is 3. The predicted octanol–water partition coefficient (Wildman–Crippen LogP) is 3.49. The van der Waals surface area contributed by atoms with E-state index in [1.807, 2.05) is 12.1 Å². The number of benzene rings is 1. The lowest BCUT2D eigenvalue weighted by atomic mass is 10.0. The van der Waals surface area contributed by atoms with E-state index in [1.165, 1.54) is 23.5 Å². The summed E-state index contributed by atoms with van der Waals surface area (Å²) < 4.78 is 21.0. The van der Waals surface area contributed by atoms with Crippen molar-refractivity contribution in [2.24, 2.45) is 7.05 Å². The van der Waals surface area contributed by atoms with Crippen molar-refractivity contribution < 1.29 is 9.13 Å². The Bertz CT molecular complexity index is 670. The molecule has 0 bridgehead atoms. The van der Waals surface area contributed by atoms with E-state index in [4.69, 9.17) is 4.74 Å². The second-order valence-electron chi connectivity index (χ2n) is 6.61. The summed E-state index contributed by atoms with van der Waals surface area (Å²) in [5, 5.41) is 0. The molecule has 0 N–H and O–H groups in total. The number of rotatable bonds is 5. The highest BCUT2D eigenvalue weighted by atomic mass is 35.5. The quantitative estimate of drug-likeness (QED) is 0.761. The van der Waals surface area contributed by atoms with E-state index >= 15 is 0 Å². The van der Waals surface area contributed by atoms with Crippen LogP contribution in [0.3, 0.4) is 0 Å². The molecular formula is C19H28Cl2FN3O. The summed E-state index contributed by atoms with van der Waals surface area (Å²) >= 11 is 0. The molecule has 1 aliphatic rings. The van der Waals surface area contributed by atoms with Crippen LogP contribution in [0, 0.1) is 5.82 Å². The molecule has 0 radical (unpaired) electrons. The molecule has 4 nitrogen and oxygen atoms in total. The third-order valence-corrected chi connectivity index (χ3v) is 4.74. The van der Waals surface area contributed by atoms with Gasteiger partial charge in [-0.1, -0.05) is 12.1 Å². The van der Waals surface area contributed by atoms with Crippen LogP contribution in [0.25, 0.3) is 0 Å². The molecule has 1 saturated heterocycles. The molecule has 7 heteroatoms. The molecule has 1 unspecified atom stereocenters. The summed E-state index contributed by atoms with van der Waals surface area (Å²) in [6.07, 6.45) is 0. The maximum atomic E-state index is 13.3. The van der Waals surface area contributed by atoms with Gasteiger partial charge in [0.15, 0.2) is 0 Å². The Labute approximate surface area is 167 Å². The van der Waals surface area contributed by atoms with Gasteiger partial charge in [-0.25, -0.2) is 4.39 Å². The van der Waals surface area contributed by atoms with Crippen LogP contribution in [-0.2, 0) is 18.3 Å². The van der Waals surface area contributed by atoms with Crippen molar-refractivity contribution in [2.75, 3.05) is 40.4 Å². The van der Waals surface area contributed by atoms with Gasteiger partial charge in [0.25, 0.3) is 0 Å². The fraction of sp³-hybridized carbons (Fsp3) is 0.474. The molecule has 0 amide bonds. The molecule has 26 heavy (non-hydrogen) atoms. The fourth-order valence-corrected chi connectivity index (χ4v) is 3.37. The highest BCUT2D eigenvalue weighted by Crippen LogP contribution is 2.28. The molecule has 0 aliphatic carbocycles. The monoisotopic (exact) mass is 403 g/mol. The third kappa shape index (κ3) is 5.21. The lowest BCUT2D eigenvalue weighted by Gasteiger charge is -2.28. The van der Waals surface area contributed by atoms with Gasteiger partial charge in [-0.2, -0.15) is 0 Å². The SMILES string of the molecule is CN(C)C(c1ccc(F)cc1)c1ccc(CN2CCOCC2)n1C.Cl.Cl. The number of hydrogen-bond acceptors (Lipinski definition) is 3. The first-order valence-corrected chi connectivity index (χ1v) is 8.43. The lowest BCUT2D eigenvalue weighted by Crippen LogP contribution is -2.36. The Morgan fingerprint density at radius 1 is 1.04 bits per heavy atom. The van der Waals surface area contributed by atoms with Crippen molar-refractivity contribution >= 4 is 24.8 Å². The normalized spacial score (nSPS) is 16.0. The summed E-state index contributed by atoms with van der Waals surface area (Å²) in [4.78, 5) is 4.59. The maximum absolute atomic E-state index is 13.3. The van der Waals surface area contributed by atoms with Crippen LogP contribution in [0.4, 0.5) is 4.39 Å². The van der Waals surface area contributed by atoms with Crippen LogP contribution in [-0.4, -0.2) is 54.8 Å². The Hall–Kier alpha value is -1.11. The number of hydrogen-bond donors (Lipinski definition) is 0. The molecule has 0 spiro atoms. The minimum atomic E-state index is -0.198. The third-order valence-electron chi connectivity index (χ3n) is 4.74. The lowest BCUT2D eigenvalue weighted by molar-refractivity contribution is 0.0332. The topological polar surface area (TPSA) is 20.6 Å². The number of halogens is 3. The zero-order valence-corrected chi connectivity index (χ0v) is 17.2. The molecule has 146 valence electrons. The average molecular weight is 404 g/mol. The highest BCUT2D eigenvalue weighted by molar-refractivity contribution is 5.85. The molecule has 2 heterocycles. The summed E-state index contributed by atoms with van der Waals surface area (Å²) in [5.74, 6) is -0.198. The second-order valence-corrected chi connectivity index (χ2v) is 6.61. The molecule has 1 fully saturated rings. The van der Waals surface area contributed by atoms with Gasteiger partial charge < -0.3 is 9.30 Å². The summed E-state index contributed by atoms with van der Waals surface area (Å²) in [7, 11) is 6.23. The van der Waals surface area contributed by atoms with Crippen LogP contribution in [0.15, 0.2) is 36.4 Å². The first-order valence-electron chi connectivity index (χ1n) is 8.43. The van der Waals surface area contributed by atoms with Gasteiger partial charge in [0.05, 0.1) is 19.3 Å². The minimum absolute atomic E-state index is 0. The maximum Gasteiger partial charge on any atom is 0.123 e. The van der Waals surface area contributed by atoms with Crippen molar-refractivity contribution in [1.82, 2.24) is 14.4 Å². The first kappa shape index (κ1) is 22.9. The Balaban J connectivity index is 0.00000169. The van der Waals surface area contributed by atoms with E-state index in [1.54, 1.807) is 0 Å². The Morgan fingerprint density at radius 2 is 1.65 bits per heavy atom. The van der Waals surface area contributed by atoms with Gasteiger partial charge in [0.1, 0.15) is 5.82 Å². The van der Waals surface area contributed by atoms with Crippen LogP contribution >= 0.6 is 24.8 Å². The van der Waals surface area contributed by atoms with E-state index in [0.717, 1.165) is 38.4 Å². The first-order chi connectivity index (χ1) is 11.6. The number of morpholine rings is 1. The molecule has 1 aliphatic heterocycles. The number of ether oxygens (including phenoxy) is 1. The average Bonchev–Trinajstić information content (AvgIpc) is 2.91. The van der Waals surface area contributed by atoms with Gasteiger partial charge in [0.2, 0.25) is 0 Å². The molecule has 1 atom stereocenters. The highest BCUT2D eigenvalue weighted by Gasteiger charge is 2.21. The van der Waals surface area contributed by atoms with Crippen LogP contribution < -0.4 is 0 Å². The summed E-state index contributed by atoms with van der Waals surface area (Å²) in [6.45, 7) is 4.52. The van der Waals surface area contributed by atoms with Crippen LogP contribution in [0.2, 0.25) is 0 Å². The van der Waals surface area contributed by atoms with Crippen molar-refractivity contribution in [1.29, 1.82) is 0 Å². The molecule has 0 saturated carbocycles. The van der Waals surface area contributed by atoms with Gasteiger partial charge in [-0.15, -0.1) is 24.8 Å². The summed E-state index contributed by atoms with van der Waals surface area (Å²) in [6, 6.07) is 11.3. The molecule has 1 aromatic carbocycles. The van der Waals surface area contributed by atoms with E-state index < -0.39 is 0 Å². The standard InChI is InChI=1S/C19H26FN3O.2ClH/c1-21(2)19(15-4-6-16(20)7-5-15)18-9-8-17(22(18)3)14-23-10-12-24-13-11-23;;/h4-9,19H,10-14H2,1-3H3;2*1H. The van der Waals surface area contributed by atoms with Gasteiger partial charge >= 0.3 is 0 Å². The minimum Gasteiger partial charge on any atom is -0.379 e. The smallest absolute Gasteiger partial charge is 0.123 e. The van der Waals surface area contributed by atoms with Crippen molar-refractivity contribution in [3.63, 3.8) is 0 Å². The van der Waals surface area contributed by atoms with E-state index in [9.17, 15) is 4.39 Å². The predicted molar refractivity (Wildman–Crippen MR) is 108 cm³/mol. The molecule has 2 aromatic rings. The fourth-order valence-electron chi connectivity index (χ4n) is 3.37. The zero-order chi connectivity index (χ0) is 17.1. The van der Waals surface area contributed by atoms with Gasteiger partial charge in [0, 0.05) is 38.1 Å². The summed E-state index contributed by atoms with van der Waals surface area (Å²) in [5.41, 5.74) is 3.61. The zero-order valence-electron chi connectivity index (χ0n) is 15.5. The Morgan fingerprint density at radius 3 is 2.23 bits per heavy atom. The van der Waals surface area contributed by atoms with Gasteiger partial charge in [-0.3, -0.25) is 9.80 Å². The van der Waals surface area contributed by atoms with E-state index in [2.05, 4.69) is 47.6 Å². The van der Waals surface area contributed by atoms with Crippen LogP contribution in [0.1, 0.15) is 23.0 Å². The largest absolute Gasteiger partial charge is 0.379 e.